The van der Waals surface area contributed by atoms with E-state index in [0.29, 0.717) is 23.7 Å². The lowest BCUT2D eigenvalue weighted by Gasteiger charge is -2.33. The molecule has 1 fully saturated rings. The molecular weight excluding hydrogens is 436 g/mol. The van der Waals surface area contributed by atoms with E-state index in [9.17, 15) is 9.59 Å². The van der Waals surface area contributed by atoms with Crippen LogP contribution in [0.15, 0.2) is 66.7 Å². The fraction of sp³-hybridized carbons (Fsp3) is 0.231. The molecule has 0 saturated carbocycles. The van der Waals surface area contributed by atoms with E-state index in [-0.39, 0.29) is 17.6 Å². The second-order valence-electron chi connectivity index (χ2n) is 8.10. The smallest absolute Gasteiger partial charge is 0.269 e. The highest BCUT2D eigenvalue weighted by molar-refractivity contribution is 8.02. The van der Waals surface area contributed by atoms with Crippen LogP contribution in [0.3, 0.4) is 0 Å². The first-order valence-electron chi connectivity index (χ1n) is 10.7. The van der Waals surface area contributed by atoms with E-state index in [0.717, 1.165) is 16.8 Å². The number of benzene rings is 3. The van der Waals surface area contributed by atoms with E-state index in [1.807, 2.05) is 55.5 Å². The largest absolute Gasteiger partial charge is 0.493 e. The number of hydrogen-bond acceptors (Lipinski definition) is 5. The maximum Gasteiger partial charge on any atom is 0.269 e. The minimum atomic E-state index is -1.15. The van der Waals surface area contributed by atoms with Crippen molar-refractivity contribution >= 4 is 35.0 Å². The van der Waals surface area contributed by atoms with Crippen molar-refractivity contribution in [3.8, 4) is 11.5 Å². The lowest BCUT2D eigenvalue weighted by atomic mass is 10.0. The van der Waals surface area contributed by atoms with Gasteiger partial charge in [-0.15, -0.1) is 11.8 Å². The summed E-state index contributed by atoms with van der Waals surface area (Å²) in [6.45, 7) is 2.48. The highest BCUT2D eigenvalue weighted by Crippen LogP contribution is 2.56. The molecule has 0 aliphatic carbocycles. The summed E-state index contributed by atoms with van der Waals surface area (Å²) in [5.41, 5.74) is 4.46. The number of nitrogens with zero attached hydrogens (tertiary/aromatic N) is 2. The molecule has 1 saturated heterocycles. The molecule has 3 aromatic carbocycles. The van der Waals surface area contributed by atoms with Gasteiger partial charge in [0.15, 0.2) is 11.5 Å². The van der Waals surface area contributed by atoms with Crippen molar-refractivity contribution in [2.45, 2.75) is 18.3 Å². The number of hydrogen-bond donors (Lipinski definition) is 0. The molecule has 33 heavy (non-hydrogen) atoms. The molecule has 7 heteroatoms. The van der Waals surface area contributed by atoms with Gasteiger partial charge in [0.1, 0.15) is 0 Å². The van der Waals surface area contributed by atoms with Crippen molar-refractivity contribution < 1.29 is 19.1 Å². The number of rotatable bonds is 5. The Bertz CT molecular complexity index is 1240. The minimum absolute atomic E-state index is 0.116. The average Bonchev–Trinajstić information content (AvgIpc) is 3.31. The zero-order chi connectivity index (χ0) is 23.2. The Hall–Kier alpha value is -3.45. The first kappa shape index (κ1) is 21.4. The van der Waals surface area contributed by atoms with E-state index in [4.69, 9.17) is 9.47 Å². The quantitative estimate of drug-likeness (QED) is 0.562. The number of aryl methyl sites for hydroxylation is 1. The summed E-state index contributed by atoms with van der Waals surface area (Å²) in [4.78, 5) is 29.6. The number of para-hydroxylation sites is 1. The maximum atomic E-state index is 14.1. The first-order valence-corrected chi connectivity index (χ1v) is 11.6. The highest BCUT2D eigenvalue weighted by Gasteiger charge is 2.61. The summed E-state index contributed by atoms with van der Waals surface area (Å²) < 4.78 is 10.8. The molecule has 0 N–H and O–H groups in total. The molecule has 1 atom stereocenters. The van der Waals surface area contributed by atoms with Crippen molar-refractivity contribution in [3.63, 3.8) is 0 Å². The molecule has 3 aromatic rings. The number of anilines is 2. The first-order chi connectivity index (χ1) is 16.0. The number of methoxy groups -OCH3 is 2. The van der Waals surface area contributed by atoms with Crippen LogP contribution in [0.25, 0.3) is 0 Å². The third-order valence-corrected chi connectivity index (χ3v) is 7.54. The minimum Gasteiger partial charge on any atom is -0.493 e. The molecule has 6 nitrogen and oxygen atoms in total. The lowest BCUT2D eigenvalue weighted by Crippen LogP contribution is -2.49. The molecular formula is C26H24N2O4S. The van der Waals surface area contributed by atoms with Gasteiger partial charge in [0, 0.05) is 17.3 Å². The van der Waals surface area contributed by atoms with Crippen molar-refractivity contribution in [1.82, 2.24) is 0 Å². The molecule has 168 valence electrons. The molecule has 0 radical (unpaired) electrons. The number of carbonyl (C=O) groups is 2. The summed E-state index contributed by atoms with van der Waals surface area (Å²) in [5, 5.41) is 0. The SMILES string of the molecule is COc1ccc(N2C(=O)CSC23C(=O)N(Cc2ccc(C)cc2)c2ccccc23)cc1OC. The second-order valence-corrected chi connectivity index (χ2v) is 9.26. The summed E-state index contributed by atoms with van der Waals surface area (Å²) in [6.07, 6.45) is 0. The number of amides is 2. The molecule has 2 heterocycles. The zero-order valence-corrected chi connectivity index (χ0v) is 19.5. The highest BCUT2D eigenvalue weighted by atomic mass is 32.2. The van der Waals surface area contributed by atoms with Gasteiger partial charge in [0.05, 0.1) is 32.2 Å². The Morgan fingerprint density at radius 2 is 1.67 bits per heavy atom. The fourth-order valence-corrected chi connectivity index (χ4v) is 5.91. The van der Waals surface area contributed by atoms with Crippen LogP contribution in [0.5, 0.6) is 11.5 Å². The lowest BCUT2D eigenvalue weighted by molar-refractivity contribution is -0.123. The van der Waals surface area contributed by atoms with Crippen LogP contribution in [0.4, 0.5) is 11.4 Å². The van der Waals surface area contributed by atoms with Crippen LogP contribution >= 0.6 is 11.8 Å². The number of thioether (sulfide) groups is 1. The Morgan fingerprint density at radius 1 is 0.939 bits per heavy atom. The maximum absolute atomic E-state index is 14.1. The van der Waals surface area contributed by atoms with E-state index >= 15 is 0 Å². The average molecular weight is 461 g/mol. The molecule has 5 rings (SSSR count). The van der Waals surface area contributed by atoms with E-state index in [1.54, 1.807) is 42.2 Å². The van der Waals surface area contributed by atoms with Gasteiger partial charge in [-0.1, -0.05) is 48.0 Å². The molecule has 0 aromatic heterocycles. The molecule has 1 spiro atoms. The van der Waals surface area contributed by atoms with E-state index < -0.39 is 4.87 Å². The van der Waals surface area contributed by atoms with Crippen molar-refractivity contribution in [3.05, 3.63) is 83.4 Å². The van der Waals surface area contributed by atoms with Crippen molar-refractivity contribution in [1.29, 1.82) is 0 Å². The Labute approximate surface area is 197 Å². The molecule has 2 amide bonds. The van der Waals surface area contributed by atoms with Crippen molar-refractivity contribution in [2.24, 2.45) is 0 Å². The monoisotopic (exact) mass is 460 g/mol. The van der Waals surface area contributed by atoms with Gasteiger partial charge < -0.3 is 14.4 Å². The molecule has 2 aliphatic heterocycles. The Balaban J connectivity index is 1.62. The van der Waals surface area contributed by atoms with Crippen LogP contribution in [-0.4, -0.2) is 31.8 Å². The van der Waals surface area contributed by atoms with Crippen LogP contribution in [-0.2, 0) is 21.0 Å². The van der Waals surface area contributed by atoms with Gasteiger partial charge in [0.2, 0.25) is 10.8 Å². The summed E-state index contributed by atoms with van der Waals surface area (Å²) in [6, 6.07) is 21.2. The van der Waals surface area contributed by atoms with Crippen molar-refractivity contribution in [2.75, 3.05) is 29.8 Å². The van der Waals surface area contributed by atoms with Crippen LogP contribution in [0, 0.1) is 6.92 Å². The van der Waals surface area contributed by atoms with Gasteiger partial charge in [-0.2, -0.15) is 0 Å². The fourth-order valence-electron chi connectivity index (χ4n) is 4.55. The summed E-state index contributed by atoms with van der Waals surface area (Å²) in [5.74, 6) is 1.05. The van der Waals surface area contributed by atoms with Gasteiger partial charge >= 0.3 is 0 Å². The second kappa shape index (κ2) is 8.15. The summed E-state index contributed by atoms with van der Waals surface area (Å²) >= 11 is 1.37. The van der Waals surface area contributed by atoms with Gasteiger partial charge in [-0.05, 0) is 30.7 Å². The van der Waals surface area contributed by atoms with Gasteiger partial charge in [-0.3, -0.25) is 14.5 Å². The normalized spacial score (nSPS) is 19.4. The number of ether oxygens (including phenoxy) is 2. The molecule has 2 aliphatic rings. The molecule has 0 bridgehead atoms. The third kappa shape index (κ3) is 3.26. The van der Waals surface area contributed by atoms with Gasteiger partial charge in [0.25, 0.3) is 5.91 Å². The Kier molecular flexibility index (Phi) is 5.29. The van der Waals surface area contributed by atoms with Crippen LogP contribution < -0.4 is 19.3 Å². The number of carbonyl (C=O) groups excluding carboxylic acids is 2. The topological polar surface area (TPSA) is 59.1 Å². The van der Waals surface area contributed by atoms with Crippen LogP contribution in [0.2, 0.25) is 0 Å². The summed E-state index contributed by atoms with van der Waals surface area (Å²) in [7, 11) is 3.12. The zero-order valence-electron chi connectivity index (χ0n) is 18.7. The third-order valence-electron chi connectivity index (χ3n) is 6.15. The standard InChI is InChI=1S/C26H24N2O4S/c1-17-8-10-18(11-9-17)15-27-21-7-5-4-6-20(21)26(25(27)30)28(24(29)16-33-26)19-12-13-22(31-2)23(14-19)32-3/h4-14H,15-16H2,1-3H3. The van der Waals surface area contributed by atoms with E-state index in [2.05, 4.69) is 0 Å². The predicted octanol–water partition coefficient (Wildman–Crippen LogP) is 4.49. The Morgan fingerprint density at radius 3 is 2.39 bits per heavy atom. The van der Waals surface area contributed by atoms with Crippen LogP contribution in [0.1, 0.15) is 16.7 Å². The van der Waals surface area contributed by atoms with Gasteiger partial charge in [-0.25, -0.2) is 0 Å². The molecule has 1 unspecified atom stereocenters. The van der Waals surface area contributed by atoms with E-state index in [1.165, 1.54) is 17.3 Å². The predicted molar refractivity (Wildman–Crippen MR) is 130 cm³/mol. The number of fused-ring (bicyclic) bond motifs is 2.